The maximum Gasteiger partial charge on any atom is 0.250 e. The van der Waals surface area contributed by atoms with Gasteiger partial charge in [-0.3, -0.25) is 4.79 Å². The molecule has 13 heavy (non-hydrogen) atoms. The normalized spacial score (nSPS) is 17.9. The molecule has 0 N–H and O–H groups in total. The minimum atomic E-state index is 0.120. The Morgan fingerprint density at radius 1 is 1.31 bits per heavy atom. The summed E-state index contributed by atoms with van der Waals surface area (Å²) in [5.74, 6) is 0. The maximum absolute atomic E-state index is 11.5. The van der Waals surface area contributed by atoms with E-state index >= 15 is 0 Å². The third-order valence-electron chi connectivity index (χ3n) is 2.62. The lowest BCUT2D eigenvalue weighted by Crippen LogP contribution is -2.21. The number of halogens is 1. The second-order valence-corrected chi connectivity index (χ2v) is 4.45. The van der Waals surface area contributed by atoms with Crippen LogP contribution in [0, 0.1) is 0 Å². The van der Waals surface area contributed by atoms with Gasteiger partial charge in [0.1, 0.15) is 0 Å². The van der Waals surface area contributed by atoms with E-state index < -0.39 is 0 Å². The minimum absolute atomic E-state index is 0.120. The maximum atomic E-state index is 11.5. The van der Waals surface area contributed by atoms with E-state index in [-0.39, 0.29) is 5.56 Å². The molecule has 0 saturated heterocycles. The second-order valence-electron chi connectivity index (χ2n) is 3.53. The van der Waals surface area contributed by atoms with E-state index in [2.05, 4.69) is 15.9 Å². The molecule has 0 aromatic carbocycles. The van der Waals surface area contributed by atoms with Crippen molar-refractivity contribution in [3.05, 3.63) is 33.2 Å². The van der Waals surface area contributed by atoms with Gasteiger partial charge in [-0.1, -0.05) is 12.8 Å². The molecule has 1 fully saturated rings. The Labute approximate surface area is 85.7 Å². The Kier molecular flexibility index (Phi) is 2.54. The van der Waals surface area contributed by atoms with Crippen molar-refractivity contribution in [1.29, 1.82) is 0 Å². The highest BCUT2D eigenvalue weighted by Gasteiger charge is 2.17. The van der Waals surface area contributed by atoms with Gasteiger partial charge in [-0.2, -0.15) is 0 Å². The minimum Gasteiger partial charge on any atom is -0.311 e. The SMILES string of the molecule is O=c1ccc(Br)cn1C1CCCC1. The second kappa shape index (κ2) is 3.66. The van der Waals surface area contributed by atoms with Crippen LogP contribution in [0.5, 0.6) is 0 Å². The van der Waals surface area contributed by atoms with Crippen molar-refractivity contribution in [3.63, 3.8) is 0 Å². The van der Waals surface area contributed by atoms with Crippen LogP contribution >= 0.6 is 15.9 Å². The highest BCUT2D eigenvalue weighted by Crippen LogP contribution is 2.28. The topological polar surface area (TPSA) is 22.0 Å². The zero-order valence-electron chi connectivity index (χ0n) is 7.37. The van der Waals surface area contributed by atoms with Crippen molar-refractivity contribution in [2.24, 2.45) is 0 Å². The Balaban J connectivity index is 2.37. The summed E-state index contributed by atoms with van der Waals surface area (Å²) >= 11 is 3.38. The summed E-state index contributed by atoms with van der Waals surface area (Å²) < 4.78 is 2.84. The highest BCUT2D eigenvalue weighted by atomic mass is 79.9. The Hall–Kier alpha value is -0.570. The highest BCUT2D eigenvalue weighted by molar-refractivity contribution is 9.10. The van der Waals surface area contributed by atoms with E-state index in [0.29, 0.717) is 6.04 Å². The summed E-state index contributed by atoms with van der Waals surface area (Å²) in [6.07, 6.45) is 6.71. The van der Waals surface area contributed by atoms with Crippen LogP contribution in [0.2, 0.25) is 0 Å². The first-order valence-corrected chi connectivity index (χ1v) is 5.44. The summed E-state index contributed by atoms with van der Waals surface area (Å²) in [7, 11) is 0. The fourth-order valence-corrected chi connectivity index (χ4v) is 2.30. The van der Waals surface area contributed by atoms with Crippen molar-refractivity contribution in [2.75, 3.05) is 0 Å². The quantitative estimate of drug-likeness (QED) is 0.742. The lowest BCUT2D eigenvalue weighted by molar-refractivity contribution is 0.501. The van der Waals surface area contributed by atoms with Crippen molar-refractivity contribution in [2.45, 2.75) is 31.7 Å². The van der Waals surface area contributed by atoms with E-state index in [0.717, 1.165) is 17.3 Å². The van der Waals surface area contributed by atoms with Crippen molar-refractivity contribution < 1.29 is 0 Å². The molecular formula is C10H12BrNO. The average molecular weight is 242 g/mol. The van der Waals surface area contributed by atoms with E-state index in [1.54, 1.807) is 12.1 Å². The summed E-state index contributed by atoms with van der Waals surface area (Å²) in [6.45, 7) is 0. The smallest absolute Gasteiger partial charge is 0.250 e. The number of rotatable bonds is 1. The van der Waals surface area contributed by atoms with Crippen LogP contribution in [0.25, 0.3) is 0 Å². The molecule has 1 aliphatic carbocycles. The molecule has 0 bridgehead atoms. The molecule has 2 rings (SSSR count). The fourth-order valence-electron chi connectivity index (χ4n) is 1.94. The van der Waals surface area contributed by atoms with Gasteiger partial charge < -0.3 is 4.57 Å². The number of pyridine rings is 1. The molecule has 0 unspecified atom stereocenters. The number of hydrogen-bond acceptors (Lipinski definition) is 1. The molecule has 2 nitrogen and oxygen atoms in total. The molecule has 1 saturated carbocycles. The van der Waals surface area contributed by atoms with Crippen molar-refractivity contribution >= 4 is 15.9 Å². The van der Waals surface area contributed by atoms with Crippen LogP contribution < -0.4 is 5.56 Å². The first-order chi connectivity index (χ1) is 6.27. The predicted octanol–water partition coefficient (Wildman–Crippen LogP) is 2.73. The summed E-state index contributed by atoms with van der Waals surface area (Å²) in [6, 6.07) is 3.86. The molecule has 0 spiro atoms. The van der Waals surface area contributed by atoms with Crippen LogP contribution in [-0.4, -0.2) is 4.57 Å². The number of nitrogens with zero attached hydrogens (tertiary/aromatic N) is 1. The van der Waals surface area contributed by atoms with E-state index in [4.69, 9.17) is 0 Å². The number of aromatic nitrogens is 1. The molecule has 0 atom stereocenters. The molecule has 0 aliphatic heterocycles. The average Bonchev–Trinajstić information content (AvgIpc) is 2.61. The van der Waals surface area contributed by atoms with Gasteiger partial charge in [0.25, 0.3) is 5.56 Å². The monoisotopic (exact) mass is 241 g/mol. The Bertz CT molecular complexity index is 352. The van der Waals surface area contributed by atoms with Crippen LogP contribution in [0.15, 0.2) is 27.6 Å². The fraction of sp³-hybridized carbons (Fsp3) is 0.500. The Morgan fingerprint density at radius 2 is 2.00 bits per heavy atom. The molecule has 1 aromatic heterocycles. The number of hydrogen-bond donors (Lipinski definition) is 0. The summed E-state index contributed by atoms with van der Waals surface area (Å²) in [5.41, 5.74) is 0.120. The van der Waals surface area contributed by atoms with E-state index in [1.807, 2.05) is 10.8 Å². The molecule has 1 aliphatic rings. The molecule has 0 radical (unpaired) electrons. The molecule has 1 aromatic rings. The van der Waals surface area contributed by atoms with Crippen molar-refractivity contribution in [3.8, 4) is 0 Å². The van der Waals surface area contributed by atoms with Gasteiger partial charge in [0.2, 0.25) is 0 Å². The predicted molar refractivity (Wildman–Crippen MR) is 55.9 cm³/mol. The van der Waals surface area contributed by atoms with Gasteiger partial charge in [0.15, 0.2) is 0 Å². The van der Waals surface area contributed by atoms with Crippen LogP contribution in [-0.2, 0) is 0 Å². The van der Waals surface area contributed by atoms with E-state index in [1.165, 1.54) is 12.8 Å². The van der Waals surface area contributed by atoms with Gasteiger partial charge in [-0.15, -0.1) is 0 Å². The third kappa shape index (κ3) is 1.85. The molecular weight excluding hydrogens is 230 g/mol. The first kappa shape index (κ1) is 9.00. The van der Waals surface area contributed by atoms with Crippen LogP contribution in [0.3, 0.4) is 0 Å². The van der Waals surface area contributed by atoms with Crippen LogP contribution in [0.4, 0.5) is 0 Å². The zero-order chi connectivity index (χ0) is 9.26. The van der Waals surface area contributed by atoms with E-state index in [9.17, 15) is 4.79 Å². The largest absolute Gasteiger partial charge is 0.311 e. The lowest BCUT2D eigenvalue weighted by Gasteiger charge is -2.12. The molecule has 0 amide bonds. The standard InChI is InChI=1S/C10H12BrNO/c11-8-5-6-10(13)12(7-8)9-3-1-2-4-9/h5-7,9H,1-4H2. The third-order valence-corrected chi connectivity index (χ3v) is 3.09. The van der Waals surface area contributed by atoms with Gasteiger partial charge >= 0.3 is 0 Å². The molecule has 1 heterocycles. The Morgan fingerprint density at radius 3 is 2.69 bits per heavy atom. The van der Waals surface area contributed by atoms with Gasteiger partial charge in [0, 0.05) is 22.8 Å². The van der Waals surface area contributed by atoms with Gasteiger partial charge in [-0.05, 0) is 34.8 Å². The van der Waals surface area contributed by atoms with Crippen LogP contribution in [0.1, 0.15) is 31.7 Å². The molecule has 70 valence electrons. The van der Waals surface area contributed by atoms with Crippen molar-refractivity contribution in [1.82, 2.24) is 4.57 Å². The molecule has 3 heteroatoms. The van der Waals surface area contributed by atoms with Gasteiger partial charge in [-0.25, -0.2) is 0 Å². The van der Waals surface area contributed by atoms with Gasteiger partial charge in [0.05, 0.1) is 0 Å². The zero-order valence-corrected chi connectivity index (χ0v) is 8.96. The first-order valence-electron chi connectivity index (χ1n) is 4.65. The summed E-state index contributed by atoms with van der Waals surface area (Å²) in [4.78, 5) is 11.5. The lowest BCUT2D eigenvalue weighted by atomic mass is 10.2. The summed E-state index contributed by atoms with van der Waals surface area (Å²) in [5, 5.41) is 0.